The standard InChI is InChI=1S/C21H30N6O3/c1-15-13-16(30-14-18(28)26-9-11-29-12-10-26)5-6-17(15)27-20(23)24-19(22)25-21(27)7-3-2-4-8-21/h5-6,13H,2-4,7-12,14H2,1H3,(H4,22,23,24,25). The zero-order chi connectivity index (χ0) is 21.1. The van der Waals surface area contributed by atoms with Crippen LogP contribution >= 0.6 is 0 Å². The Bertz CT molecular complexity index is 856. The van der Waals surface area contributed by atoms with Crippen LogP contribution in [0.5, 0.6) is 5.75 Å². The maximum absolute atomic E-state index is 12.3. The summed E-state index contributed by atoms with van der Waals surface area (Å²) < 4.78 is 11.1. The van der Waals surface area contributed by atoms with E-state index in [1.807, 2.05) is 30.0 Å². The van der Waals surface area contributed by atoms with Crippen LogP contribution in [0.4, 0.5) is 5.69 Å². The number of amides is 1. The molecule has 9 heteroatoms. The molecule has 1 spiro atoms. The third-order valence-corrected chi connectivity index (χ3v) is 5.99. The van der Waals surface area contributed by atoms with Gasteiger partial charge in [0.25, 0.3) is 5.91 Å². The first kappa shape index (κ1) is 20.5. The van der Waals surface area contributed by atoms with Crippen molar-refractivity contribution in [2.75, 3.05) is 37.8 Å². The van der Waals surface area contributed by atoms with E-state index < -0.39 is 5.66 Å². The van der Waals surface area contributed by atoms with Gasteiger partial charge >= 0.3 is 0 Å². The molecule has 0 aromatic heterocycles. The average Bonchev–Trinajstić information content (AvgIpc) is 2.74. The number of carbonyl (C=O) groups is 1. The van der Waals surface area contributed by atoms with Gasteiger partial charge in [-0.15, -0.1) is 0 Å². The topological polar surface area (TPSA) is 119 Å². The van der Waals surface area contributed by atoms with E-state index in [2.05, 4.69) is 4.99 Å². The summed E-state index contributed by atoms with van der Waals surface area (Å²) in [6, 6.07) is 5.74. The van der Waals surface area contributed by atoms with Gasteiger partial charge in [0.1, 0.15) is 11.4 Å². The quantitative estimate of drug-likeness (QED) is 0.767. The molecule has 1 aromatic rings. The summed E-state index contributed by atoms with van der Waals surface area (Å²) in [5, 5.41) is 0. The molecule has 4 N–H and O–H groups in total. The Hall–Kier alpha value is -2.81. The maximum atomic E-state index is 12.3. The highest BCUT2D eigenvalue weighted by Gasteiger charge is 2.43. The molecule has 0 radical (unpaired) electrons. The number of benzene rings is 1. The first-order valence-corrected chi connectivity index (χ1v) is 10.6. The molecular formula is C21H30N6O3. The fraction of sp³-hybridized carbons (Fsp3) is 0.571. The molecule has 3 aliphatic rings. The molecule has 2 aliphatic heterocycles. The van der Waals surface area contributed by atoms with E-state index in [0.717, 1.165) is 36.9 Å². The van der Waals surface area contributed by atoms with Gasteiger partial charge in [0.15, 0.2) is 6.61 Å². The summed E-state index contributed by atoms with van der Waals surface area (Å²) in [5.74, 6) is 1.22. The van der Waals surface area contributed by atoms with E-state index in [1.165, 1.54) is 6.42 Å². The number of carbonyl (C=O) groups excluding carboxylic acids is 1. The molecule has 30 heavy (non-hydrogen) atoms. The van der Waals surface area contributed by atoms with Crippen molar-refractivity contribution in [3.8, 4) is 5.75 Å². The number of aliphatic imine (C=N–C) groups is 2. The van der Waals surface area contributed by atoms with Crippen molar-refractivity contribution in [2.45, 2.75) is 44.7 Å². The van der Waals surface area contributed by atoms with Gasteiger partial charge in [-0.2, -0.15) is 4.99 Å². The Morgan fingerprint density at radius 2 is 1.93 bits per heavy atom. The molecule has 2 heterocycles. The summed E-state index contributed by atoms with van der Waals surface area (Å²) in [6.45, 7) is 4.38. The van der Waals surface area contributed by atoms with E-state index in [1.54, 1.807) is 4.90 Å². The minimum Gasteiger partial charge on any atom is -0.484 e. The zero-order valence-corrected chi connectivity index (χ0v) is 17.5. The third kappa shape index (κ3) is 4.07. The number of guanidine groups is 2. The van der Waals surface area contributed by atoms with Gasteiger partial charge in [-0.1, -0.05) is 6.42 Å². The predicted molar refractivity (Wildman–Crippen MR) is 116 cm³/mol. The summed E-state index contributed by atoms with van der Waals surface area (Å²) in [7, 11) is 0. The minimum atomic E-state index is -0.479. The highest BCUT2D eigenvalue weighted by molar-refractivity contribution is 6.06. The lowest BCUT2D eigenvalue weighted by molar-refractivity contribution is -0.137. The Labute approximate surface area is 176 Å². The second-order valence-electron chi connectivity index (χ2n) is 8.05. The Morgan fingerprint density at radius 1 is 1.20 bits per heavy atom. The zero-order valence-electron chi connectivity index (χ0n) is 17.5. The molecular weight excluding hydrogens is 384 g/mol. The lowest BCUT2D eigenvalue weighted by Crippen LogP contribution is -2.58. The van der Waals surface area contributed by atoms with Crippen molar-refractivity contribution < 1.29 is 14.3 Å². The van der Waals surface area contributed by atoms with Crippen LogP contribution in [0.2, 0.25) is 0 Å². The SMILES string of the molecule is Cc1cc(OCC(=O)N2CCOCC2)ccc1N1C(N)=NC(N)=NC12CCCCC2. The van der Waals surface area contributed by atoms with Crippen LogP contribution in [0.25, 0.3) is 0 Å². The van der Waals surface area contributed by atoms with Gasteiger partial charge in [-0.3, -0.25) is 9.69 Å². The Balaban J connectivity index is 1.51. The average molecular weight is 415 g/mol. The van der Waals surface area contributed by atoms with Crippen molar-refractivity contribution in [3.63, 3.8) is 0 Å². The number of rotatable bonds is 4. The van der Waals surface area contributed by atoms with E-state index in [9.17, 15) is 4.79 Å². The number of hydrogen-bond acceptors (Lipinski definition) is 8. The summed E-state index contributed by atoms with van der Waals surface area (Å²) in [5.41, 5.74) is 13.7. The van der Waals surface area contributed by atoms with E-state index in [-0.39, 0.29) is 18.5 Å². The van der Waals surface area contributed by atoms with Crippen molar-refractivity contribution >= 4 is 23.5 Å². The molecule has 1 amide bonds. The van der Waals surface area contributed by atoms with Crippen LogP contribution < -0.4 is 21.1 Å². The van der Waals surface area contributed by atoms with Crippen molar-refractivity contribution in [2.24, 2.45) is 21.5 Å². The van der Waals surface area contributed by atoms with Crippen molar-refractivity contribution in [1.29, 1.82) is 0 Å². The van der Waals surface area contributed by atoms with Gasteiger partial charge in [0.2, 0.25) is 11.9 Å². The monoisotopic (exact) mass is 414 g/mol. The Kier molecular flexibility index (Phi) is 5.80. The van der Waals surface area contributed by atoms with Gasteiger partial charge < -0.3 is 25.8 Å². The van der Waals surface area contributed by atoms with Crippen LogP contribution in [-0.4, -0.2) is 61.3 Å². The summed E-state index contributed by atoms with van der Waals surface area (Å²) in [6.07, 6.45) is 5.10. The molecule has 2 fully saturated rings. The molecule has 1 saturated heterocycles. The highest BCUT2D eigenvalue weighted by Crippen LogP contribution is 2.41. The lowest BCUT2D eigenvalue weighted by atomic mass is 9.87. The van der Waals surface area contributed by atoms with Crippen LogP contribution in [0.1, 0.15) is 37.7 Å². The molecule has 4 rings (SSSR count). The third-order valence-electron chi connectivity index (χ3n) is 5.99. The van der Waals surface area contributed by atoms with Crippen LogP contribution in [0.15, 0.2) is 28.2 Å². The molecule has 9 nitrogen and oxygen atoms in total. The molecule has 0 unspecified atom stereocenters. The molecule has 162 valence electrons. The fourth-order valence-electron chi connectivity index (χ4n) is 4.49. The van der Waals surface area contributed by atoms with Crippen LogP contribution in [0, 0.1) is 6.92 Å². The normalized spacial score (nSPS) is 21.2. The Morgan fingerprint density at radius 3 is 2.63 bits per heavy atom. The highest BCUT2D eigenvalue weighted by atomic mass is 16.5. The number of nitrogens with zero attached hydrogens (tertiary/aromatic N) is 4. The number of aryl methyl sites for hydroxylation is 1. The molecule has 1 aromatic carbocycles. The first-order chi connectivity index (χ1) is 14.5. The van der Waals surface area contributed by atoms with E-state index in [0.29, 0.717) is 38.0 Å². The number of hydrogen-bond donors (Lipinski definition) is 2. The van der Waals surface area contributed by atoms with Crippen LogP contribution in [-0.2, 0) is 9.53 Å². The smallest absolute Gasteiger partial charge is 0.260 e. The molecule has 0 atom stereocenters. The van der Waals surface area contributed by atoms with E-state index in [4.69, 9.17) is 25.9 Å². The van der Waals surface area contributed by atoms with Crippen LogP contribution in [0.3, 0.4) is 0 Å². The number of nitrogens with two attached hydrogens (primary N) is 2. The fourth-order valence-corrected chi connectivity index (χ4v) is 4.49. The number of ether oxygens (including phenoxy) is 2. The number of anilines is 1. The minimum absolute atomic E-state index is 0.0108. The predicted octanol–water partition coefficient (Wildman–Crippen LogP) is 1.34. The van der Waals surface area contributed by atoms with E-state index >= 15 is 0 Å². The second-order valence-corrected chi connectivity index (χ2v) is 8.05. The van der Waals surface area contributed by atoms with Gasteiger partial charge in [-0.25, -0.2) is 4.99 Å². The van der Waals surface area contributed by atoms with Crippen molar-refractivity contribution in [1.82, 2.24) is 4.90 Å². The second kappa shape index (κ2) is 8.51. The van der Waals surface area contributed by atoms with Crippen molar-refractivity contribution in [3.05, 3.63) is 23.8 Å². The maximum Gasteiger partial charge on any atom is 0.260 e. The van der Waals surface area contributed by atoms with Gasteiger partial charge in [-0.05, 0) is 56.4 Å². The van der Waals surface area contributed by atoms with Gasteiger partial charge in [0, 0.05) is 18.8 Å². The largest absolute Gasteiger partial charge is 0.484 e. The summed E-state index contributed by atoms with van der Waals surface area (Å²) in [4.78, 5) is 25.0. The number of morpholine rings is 1. The molecule has 1 saturated carbocycles. The van der Waals surface area contributed by atoms with Gasteiger partial charge in [0.05, 0.1) is 13.2 Å². The first-order valence-electron chi connectivity index (χ1n) is 10.6. The lowest BCUT2D eigenvalue weighted by Gasteiger charge is -2.46. The molecule has 1 aliphatic carbocycles. The molecule has 0 bridgehead atoms. The summed E-state index contributed by atoms with van der Waals surface area (Å²) >= 11 is 0.